The van der Waals surface area contributed by atoms with Gasteiger partial charge in [0, 0.05) is 5.69 Å². The Labute approximate surface area is 169 Å². The number of anilines is 2. The van der Waals surface area contributed by atoms with Crippen molar-refractivity contribution in [3.63, 3.8) is 0 Å². The van der Waals surface area contributed by atoms with Crippen LogP contribution in [0.25, 0.3) is 0 Å². The molecule has 0 aliphatic rings. The topological polar surface area (TPSA) is 99.1 Å². The van der Waals surface area contributed by atoms with Gasteiger partial charge in [0.1, 0.15) is 0 Å². The van der Waals surface area contributed by atoms with Crippen LogP contribution in [0, 0.1) is 11.3 Å². The molecule has 7 heteroatoms. The Morgan fingerprint density at radius 2 is 1.62 bits per heavy atom. The van der Waals surface area contributed by atoms with Crippen LogP contribution in [0.3, 0.4) is 0 Å². The van der Waals surface area contributed by atoms with E-state index in [1.807, 2.05) is 25.1 Å². The number of para-hydroxylation sites is 1. The molecule has 0 fully saturated rings. The number of sulfonamides is 1. The van der Waals surface area contributed by atoms with E-state index < -0.39 is 15.9 Å². The molecular weight excluding hydrogens is 386 g/mol. The Morgan fingerprint density at radius 1 is 0.966 bits per heavy atom. The molecule has 2 N–H and O–H groups in total. The molecule has 0 spiro atoms. The number of aryl methyl sites for hydroxylation is 1. The maximum absolute atomic E-state index is 12.7. The Morgan fingerprint density at radius 3 is 2.24 bits per heavy atom. The summed E-state index contributed by atoms with van der Waals surface area (Å²) in [4.78, 5) is 12.7. The molecule has 0 saturated carbocycles. The van der Waals surface area contributed by atoms with Crippen molar-refractivity contribution in [1.82, 2.24) is 0 Å². The SMILES string of the molecule is CCc1ccc(NC(=O)c2ccccc2NS(=O)(=O)c2ccc(C#N)cc2)cc1. The van der Waals surface area contributed by atoms with E-state index in [1.165, 1.54) is 30.3 Å². The molecule has 0 aliphatic carbocycles. The van der Waals surface area contributed by atoms with Crippen LogP contribution in [0.15, 0.2) is 77.7 Å². The van der Waals surface area contributed by atoms with Crippen molar-refractivity contribution in [3.05, 3.63) is 89.5 Å². The van der Waals surface area contributed by atoms with Crippen LogP contribution in [0.1, 0.15) is 28.4 Å². The number of nitriles is 1. The first-order valence-electron chi connectivity index (χ1n) is 8.95. The molecule has 3 aromatic carbocycles. The van der Waals surface area contributed by atoms with E-state index >= 15 is 0 Å². The van der Waals surface area contributed by atoms with Crippen molar-refractivity contribution in [2.75, 3.05) is 10.0 Å². The quantitative estimate of drug-likeness (QED) is 0.643. The van der Waals surface area contributed by atoms with Gasteiger partial charge >= 0.3 is 0 Å². The molecule has 0 saturated heterocycles. The van der Waals surface area contributed by atoms with Crippen molar-refractivity contribution >= 4 is 27.3 Å². The van der Waals surface area contributed by atoms with Crippen LogP contribution in [-0.2, 0) is 16.4 Å². The molecular formula is C22H19N3O3S. The average Bonchev–Trinajstić information content (AvgIpc) is 2.74. The van der Waals surface area contributed by atoms with E-state index in [1.54, 1.807) is 30.3 Å². The van der Waals surface area contributed by atoms with Crippen molar-refractivity contribution in [3.8, 4) is 6.07 Å². The largest absolute Gasteiger partial charge is 0.322 e. The second-order valence-electron chi connectivity index (χ2n) is 6.29. The number of benzene rings is 3. The minimum Gasteiger partial charge on any atom is -0.322 e. The summed E-state index contributed by atoms with van der Waals surface area (Å²) in [5, 5.41) is 11.6. The smallest absolute Gasteiger partial charge is 0.261 e. The predicted molar refractivity (Wildman–Crippen MR) is 112 cm³/mol. The van der Waals surface area contributed by atoms with Gasteiger partial charge < -0.3 is 5.32 Å². The van der Waals surface area contributed by atoms with E-state index in [-0.39, 0.29) is 16.1 Å². The molecule has 29 heavy (non-hydrogen) atoms. The lowest BCUT2D eigenvalue weighted by Gasteiger charge is -2.13. The predicted octanol–water partition coefficient (Wildman–Crippen LogP) is 4.17. The van der Waals surface area contributed by atoms with Gasteiger partial charge in [0.15, 0.2) is 0 Å². The third-order valence-electron chi connectivity index (χ3n) is 4.33. The van der Waals surface area contributed by atoms with E-state index in [0.29, 0.717) is 11.3 Å². The zero-order valence-corrected chi connectivity index (χ0v) is 16.5. The third-order valence-corrected chi connectivity index (χ3v) is 5.71. The highest BCUT2D eigenvalue weighted by Gasteiger charge is 2.18. The zero-order chi connectivity index (χ0) is 20.9. The fourth-order valence-electron chi connectivity index (χ4n) is 2.70. The Bertz CT molecular complexity index is 1160. The van der Waals surface area contributed by atoms with Crippen molar-refractivity contribution in [2.24, 2.45) is 0 Å². The fraction of sp³-hybridized carbons (Fsp3) is 0.0909. The van der Waals surface area contributed by atoms with Crippen LogP contribution < -0.4 is 10.0 Å². The van der Waals surface area contributed by atoms with E-state index in [2.05, 4.69) is 10.0 Å². The van der Waals surface area contributed by atoms with Crippen LogP contribution in [0.2, 0.25) is 0 Å². The normalized spacial score (nSPS) is 10.8. The van der Waals surface area contributed by atoms with Gasteiger partial charge in [-0.15, -0.1) is 0 Å². The summed E-state index contributed by atoms with van der Waals surface area (Å²) in [7, 11) is -3.92. The van der Waals surface area contributed by atoms with Crippen molar-refractivity contribution in [2.45, 2.75) is 18.2 Å². The maximum atomic E-state index is 12.7. The summed E-state index contributed by atoms with van der Waals surface area (Å²) in [6, 6.07) is 21.3. The first-order valence-corrected chi connectivity index (χ1v) is 10.4. The summed E-state index contributed by atoms with van der Waals surface area (Å²) in [5.41, 5.74) is 2.50. The second kappa shape index (κ2) is 8.59. The molecule has 0 atom stereocenters. The molecule has 1 amide bonds. The van der Waals surface area contributed by atoms with E-state index in [9.17, 15) is 13.2 Å². The summed E-state index contributed by atoms with van der Waals surface area (Å²) in [6.07, 6.45) is 0.897. The lowest BCUT2D eigenvalue weighted by Crippen LogP contribution is -2.18. The zero-order valence-electron chi connectivity index (χ0n) is 15.7. The minimum absolute atomic E-state index is 0.00173. The highest BCUT2D eigenvalue weighted by Crippen LogP contribution is 2.22. The number of hydrogen-bond acceptors (Lipinski definition) is 4. The molecule has 3 aromatic rings. The average molecular weight is 405 g/mol. The highest BCUT2D eigenvalue weighted by molar-refractivity contribution is 7.92. The van der Waals surface area contributed by atoms with Gasteiger partial charge in [-0.05, 0) is 60.5 Å². The molecule has 3 rings (SSSR count). The van der Waals surface area contributed by atoms with Crippen LogP contribution in [-0.4, -0.2) is 14.3 Å². The van der Waals surface area contributed by atoms with E-state index in [4.69, 9.17) is 5.26 Å². The van der Waals surface area contributed by atoms with Gasteiger partial charge in [0.05, 0.1) is 27.8 Å². The first kappa shape index (κ1) is 20.1. The third kappa shape index (κ3) is 4.81. The molecule has 0 aliphatic heterocycles. The number of rotatable bonds is 6. The molecule has 0 bridgehead atoms. The Kier molecular flexibility index (Phi) is 5.96. The number of hydrogen-bond donors (Lipinski definition) is 2. The molecule has 146 valence electrons. The summed E-state index contributed by atoms with van der Waals surface area (Å²) >= 11 is 0. The fourth-order valence-corrected chi connectivity index (χ4v) is 3.78. The number of amides is 1. The summed E-state index contributed by atoms with van der Waals surface area (Å²) in [5.74, 6) is -0.424. The molecule has 0 unspecified atom stereocenters. The van der Waals surface area contributed by atoms with Gasteiger partial charge in [-0.2, -0.15) is 5.26 Å². The number of nitrogens with zero attached hydrogens (tertiary/aromatic N) is 1. The lowest BCUT2D eigenvalue weighted by molar-refractivity contribution is 0.102. The molecule has 6 nitrogen and oxygen atoms in total. The summed E-state index contributed by atoms with van der Waals surface area (Å²) in [6.45, 7) is 2.05. The van der Waals surface area contributed by atoms with Gasteiger partial charge in [0.2, 0.25) is 0 Å². The molecule has 0 aromatic heterocycles. The Hall–Kier alpha value is -3.63. The van der Waals surface area contributed by atoms with Crippen molar-refractivity contribution < 1.29 is 13.2 Å². The maximum Gasteiger partial charge on any atom is 0.261 e. The number of carbonyl (C=O) groups excluding carboxylic acids is 1. The molecule has 0 heterocycles. The van der Waals surface area contributed by atoms with Gasteiger partial charge in [-0.3, -0.25) is 9.52 Å². The monoisotopic (exact) mass is 405 g/mol. The minimum atomic E-state index is -3.92. The van der Waals surface area contributed by atoms with Crippen LogP contribution in [0.5, 0.6) is 0 Å². The van der Waals surface area contributed by atoms with Gasteiger partial charge in [0.25, 0.3) is 15.9 Å². The van der Waals surface area contributed by atoms with Crippen molar-refractivity contribution in [1.29, 1.82) is 5.26 Å². The first-order chi connectivity index (χ1) is 13.9. The van der Waals surface area contributed by atoms with Gasteiger partial charge in [-0.25, -0.2) is 8.42 Å². The van der Waals surface area contributed by atoms with Crippen LogP contribution >= 0.6 is 0 Å². The highest BCUT2D eigenvalue weighted by atomic mass is 32.2. The van der Waals surface area contributed by atoms with Crippen LogP contribution in [0.4, 0.5) is 11.4 Å². The van der Waals surface area contributed by atoms with E-state index in [0.717, 1.165) is 12.0 Å². The number of nitrogens with one attached hydrogen (secondary N) is 2. The summed E-state index contributed by atoms with van der Waals surface area (Å²) < 4.78 is 27.8. The molecule has 0 radical (unpaired) electrons. The second-order valence-corrected chi connectivity index (χ2v) is 7.97. The Balaban J connectivity index is 1.83. The standard InChI is InChI=1S/C22H19N3O3S/c1-2-16-7-11-18(12-8-16)24-22(26)20-5-3-4-6-21(20)25-29(27,28)19-13-9-17(15-23)10-14-19/h3-14,25H,2H2,1H3,(H,24,26). The lowest BCUT2D eigenvalue weighted by atomic mass is 10.1. The number of carbonyl (C=O) groups is 1. The van der Waals surface area contributed by atoms with Gasteiger partial charge in [-0.1, -0.05) is 31.2 Å².